The van der Waals surface area contributed by atoms with Gasteiger partial charge in [0.1, 0.15) is 17.4 Å². The van der Waals surface area contributed by atoms with E-state index >= 15 is 0 Å². The number of carbonyl (C=O) groups is 2. The molecule has 7 heteroatoms. The Hall–Kier alpha value is -2.86. The van der Waals surface area contributed by atoms with Crippen molar-refractivity contribution < 1.29 is 14.7 Å². The highest BCUT2D eigenvalue weighted by atomic mass is 35.5. The molecule has 2 aromatic carbocycles. The SMILES string of the molecule is Cc1nc2c(C(=O)NC(C(=O)O)C(C)c3ccccc3)cc(Cl)cc2[nH]1. The Balaban J connectivity index is 1.93. The molecule has 0 aliphatic heterocycles. The number of nitrogens with zero attached hydrogens (tertiary/aromatic N) is 1. The van der Waals surface area contributed by atoms with Crippen LogP contribution in [0.15, 0.2) is 42.5 Å². The maximum Gasteiger partial charge on any atom is 0.326 e. The largest absolute Gasteiger partial charge is 0.480 e. The molecule has 26 heavy (non-hydrogen) atoms. The molecule has 3 aromatic rings. The van der Waals surface area contributed by atoms with E-state index in [0.29, 0.717) is 21.9 Å². The number of imidazole rings is 1. The predicted molar refractivity (Wildman–Crippen MR) is 99.6 cm³/mol. The number of carboxylic acids is 1. The Morgan fingerprint density at radius 2 is 1.92 bits per heavy atom. The van der Waals surface area contributed by atoms with Gasteiger partial charge in [-0.25, -0.2) is 9.78 Å². The topological polar surface area (TPSA) is 95.1 Å². The number of aryl methyl sites for hydroxylation is 1. The molecule has 0 radical (unpaired) electrons. The fourth-order valence-corrected chi connectivity index (χ4v) is 3.17. The Morgan fingerprint density at radius 3 is 2.58 bits per heavy atom. The lowest BCUT2D eigenvalue weighted by atomic mass is 9.93. The minimum atomic E-state index is -1.11. The van der Waals surface area contributed by atoms with Crippen molar-refractivity contribution in [3.8, 4) is 0 Å². The van der Waals surface area contributed by atoms with Crippen LogP contribution in [0.1, 0.15) is 34.6 Å². The molecule has 1 heterocycles. The van der Waals surface area contributed by atoms with Crippen molar-refractivity contribution >= 4 is 34.5 Å². The van der Waals surface area contributed by atoms with Crippen LogP contribution in [0, 0.1) is 6.92 Å². The highest BCUT2D eigenvalue weighted by Crippen LogP contribution is 2.24. The van der Waals surface area contributed by atoms with E-state index in [4.69, 9.17) is 11.6 Å². The molecule has 2 unspecified atom stereocenters. The second-order valence-electron chi connectivity index (χ2n) is 6.16. The van der Waals surface area contributed by atoms with Crippen LogP contribution < -0.4 is 5.32 Å². The normalized spacial score (nSPS) is 13.3. The number of aromatic nitrogens is 2. The van der Waals surface area contributed by atoms with Crippen molar-refractivity contribution in [2.75, 3.05) is 0 Å². The Kier molecular flexibility index (Phi) is 4.95. The first-order valence-electron chi connectivity index (χ1n) is 8.11. The molecule has 2 atom stereocenters. The summed E-state index contributed by atoms with van der Waals surface area (Å²) in [5.41, 5.74) is 2.15. The summed E-state index contributed by atoms with van der Waals surface area (Å²) in [5.74, 6) is -1.40. The molecule has 0 fully saturated rings. The number of nitrogens with one attached hydrogen (secondary N) is 2. The maximum atomic E-state index is 12.8. The number of fused-ring (bicyclic) bond motifs is 1. The average Bonchev–Trinajstić information content (AvgIpc) is 2.98. The summed E-state index contributed by atoms with van der Waals surface area (Å²) in [6.07, 6.45) is 0. The van der Waals surface area contributed by atoms with E-state index < -0.39 is 23.8 Å². The van der Waals surface area contributed by atoms with Crippen LogP contribution in [-0.2, 0) is 4.79 Å². The quantitative estimate of drug-likeness (QED) is 0.639. The van der Waals surface area contributed by atoms with Gasteiger partial charge in [0.05, 0.1) is 11.1 Å². The summed E-state index contributed by atoms with van der Waals surface area (Å²) in [5, 5.41) is 12.6. The molecular weight excluding hydrogens is 354 g/mol. The highest BCUT2D eigenvalue weighted by Gasteiger charge is 2.29. The van der Waals surface area contributed by atoms with Crippen LogP contribution in [0.25, 0.3) is 11.0 Å². The number of benzene rings is 2. The second-order valence-corrected chi connectivity index (χ2v) is 6.60. The van der Waals surface area contributed by atoms with Crippen molar-refractivity contribution in [1.82, 2.24) is 15.3 Å². The summed E-state index contributed by atoms with van der Waals surface area (Å²) >= 11 is 6.09. The summed E-state index contributed by atoms with van der Waals surface area (Å²) in [7, 11) is 0. The number of hydrogen-bond acceptors (Lipinski definition) is 3. The standard InChI is InChI=1S/C19H18ClN3O3/c1-10(12-6-4-3-5-7-12)16(19(25)26)23-18(24)14-8-13(20)9-15-17(14)22-11(2)21-15/h3-10,16H,1-2H3,(H,21,22)(H,23,24)(H,25,26). The number of halogens is 1. The van der Waals surface area contributed by atoms with Crippen LogP contribution in [0.4, 0.5) is 0 Å². The van der Waals surface area contributed by atoms with E-state index in [2.05, 4.69) is 15.3 Å². The summed E-state index contributed by atoms with van der Waals surface area (Å²) in [6, 6.07) is 11.3. The van der Waals surface area contributed by atoms with Crippen LogP contribution >= 0.6 is 11.6 Å². The number of aromatic amines is 1. The Morgan fingerprint density at radius 1 is 1.23 bits per heavy atom. The van der Waals surface area contributed by atoms with Crippen LogP contribution in [-0.4, -0.2) is 33.0 Å². The lowest BCUT2D eigenvalue weighted by Crippen LogP contribution is -2.44. The number of carboxylic acid groups (broad SMARTS) is 1. The number of hydrogen-bond donors (Lipinski definition) is 3. The van der Waals surface area contributed by atoms with Crippen LogP contribution in [0.3, 0.4) is 0 Å². The van der Waals surface area contributed by atoms with E-state index in [0.717, 1.165) is 5.56 Å². The number of aliphatic carboxylic acids is 1. The summed E-state index contributed by atoms with van der Waals surface area (Å²) < 4.78 is 0. The molecule has 1 amide bonds. The zero-order valence-corrected chi connectivity index (χ0v) is 15.0. The van der Waals surface area contributed by atoms with Crippen LogP contribution in [0.2, 0.25) is 5.02 Å². The molecule has 0 spiro atoms. The molecule has 0 aliphatic carbocycles. The highest BCUT2D eigenvalue weighted by molar-refractivity contribution is 6.32. The molecule has 0 aliphatic rings. The molecule has 3 N–H and O–H groups in total. The molecule has 1 aromatic heterocycles. The Labute approximate surface area is 155 Å². The van der Waals surface area contributed by atoms with Gasteiger partial charge < -0.3 is 15.4 Å². The van der Waals surface area contributed by atoms with Gasteiger partial charge in [-0.05, 0) is 24.6 Å². The molecule has 6 nitrogen and oxygen atoms in total. The van der Waals surface area contributed by atoms with Crippen LogP contribution in [0.5, 0.6) is 0 Å². The molecule has 0 saturated heterocycles. The monoisotopic (exact) mass is 371 g/mol. The second kappa shape index (κ2) is 7.17. The van der Waals surface area contributed by atoms with Gasteiger partial charge in [-0.15, -0.1) is 0 Å². The fourth-order valence-electron chi connectivity index (χ4n) is 2.95. The predicted octanol–water partition coefficient (Wildman–Crippen LogP) is 3.51. The average molecular weight is 372 g/mol. The Bertz CT molecular complexity index is 969. The molecular formula is C19H18ClN3O3. The van der Waals surface area contributed by atoms with E-state index in [1.165, 1.54) is 6.07 Å². The van der Waals surface area contributed by atoms with Gasteiger partial charge in [0.25, 0.3) is 5.91 Å². The van der Waals surface area contributed by atoms with E-state index in [1.54, 1.807) is 19.9 Å². The molecule has 3 rings (SSSR count). The smallest absolute Gasteiger partial charge is 0.326 e. The third kappa shape index (κ3) is 3.55. The van der Waals surface area contributed by atoms with Crippen molar-refractivity contribution in [3.63, 3.8) is 0 Å². The van der Waals surface area contributed by atoms with Crippen molar-refractivity contribution in [3.05, 3.63) is 64.4 Å². The van der Waals surface area contributed by atoms with Gasteiger partial charge in [0, 0.05) is 10.9 Å². The van der Waals surface area contributed by atoms with Gasteiger partial charge in [0.2, 0.25) is 0 Å². The minimum Gasteiger partial charge on any atom is -0.480 e. The lowest BCUT2D eigenvalue weighted by Gasteiger charge is -2.22. The van der Waals surface area contributed by atoms with Gasteiger partial charge in [-0.1, -0.05) is 48.9 Å². The molecule has 134 valence electrons. The number of rotatable bonds is 5. The first-order valence-corrected chi connectivity index (χ1v) is 8.49. The zero-order valence-electron chi connectivity index (χ0n) is 14.3. The zero-order chi connectivity index (χ0) is 18.8. The first kappa shape index (κ1) is 17.9. The van der Waals surface area contributed by atoms with E-state index in [1.807, 2.05) is 30.3 Å². The van der Waals surface area contributed by atoms with E-state index in [9.17, 15) is 14.7 Å². The van der Waals surface area contributed by atoms with Crippen molar-refractivity contribution in [1.29, 1.82) is 0 Å². The van der Waals surface area contributed by atoms with Crippen molar-refractivity contribution in [2.24, 2.45) is 0 Å². The maximum absolute atomic E-state index is 12.8. The fraction of sp³-hybridized carbons (Fsp3) is 0.211. The van der Waals surface area contributed by atoms with Crippen molar-refractivity contribution in [2.45, 2.75) is 25.8 Å². The minimum absolute atomic E-state index is 0.239. The van der Waals surface area contributed by atoms with E-state index in [-0.39, 0.29) is 5.56 Å². The van der Waals surface area contributed by atoms with Gasteiger partial charge in [-0.2, -0.15) is 0 Å². The number of carbonyl (C=O) groups excluding carboxylic acids is 1. The first-order chi connectivity index (χ1) is 12.4. The van der Waals surface area contributed by atoms with Gasteiger partial charge in [-0.3, -0.25) is 4.79 Å². The molecule has 0 bridgehead atoms. The number of H-pyrrole nitrogens is 1. The lowest BCUT2D eigenvalue weighted by molar-refractivity contribution is -0.139. The van der Waals surface area contributed by atoms with Gasteiger partial charge >= 0.3 is 5.97 Å². The number of amides is 1. The summed E-state index contributed by atoms with van der Waals surface area (Å²) in [4.78, 5) is 31.9. The third-order valence-corrected chi connectivity index (χ3v) is 4.51. The van der Waals surface area contributed by atoms with Gasteiger partial charge in [0.15, 0.2) is 0 Å². The summed E-state index contributed by atoms with van der Waals surface area (Å²) in [6.45, 7) is 3.54. The molecule has 0 saturated carbocycles. The third-order valence-electron chi connectivity index (χ3n) is 4.29.